The molecule has 1 heterocycles. The predicted molar refractivity (Wildman–Crippen MR) is 93.1 cm³/mol. The van der Waals surface area contributed by atoms with Gasteiger partial charge in [0.15, 0.2) is 0 Å². The topological polar surface area (TPSA) is 49.6 Å². The van der Waals surface area contributed by atoms with Crippen LogP contribution in [0.1, 0.15) is 22.3 Å². The van der Waals surface area contributed by atoms with Crippen molar-refractivity contribution in [2.45, 2.75) is 13.0 Å². The Labute approximate surface area is 137 Å². The highest BCUT2D eigenvalue weighted by Crippen LogP contribution is 2.16. The van der Waals surface area contributed by atoms with Gasteiger partial charge in [0.25, 0.3) is 5.91 Å². The number of carbonyl (C=O) groups is 1. The van der Waals surface area contributed by atoms with E-state index in [4.69, 9.17) is 5.73 Å². The van der Waals surface area contributed by atoms with Crippen LogP contribution in [0.5, 0.6) is 0 Å². The molecule has 4 nitrogen and oxygen atoms in total. The lowest BCUT2D eigenvalue weighted by Crippen LogP contribution is -2.35. The van der Waals surface area contributed by atoms with Gasteiger partial charge >= 0.3 is 0 Å². The molecule has 1 amide bonds. The lowest BCUT2D eigenvalue weighted by molar-refractivity contribution is 0.0762. The third kappa shape index (κ3) is 3.90. The summed E-state index contributed by atoms with van der Waals surface area (Å²) in [5.41, 5.74) is 8.43. The Balaban J connectivity index is 1.62. The first-order valence-electron chi connectivity index (χ1n) is 8.14. The van der Waals surface area contributed by atoms with Crippen LogP contribution in [-0.2, 0) is 6.54 Å². The summed E-state index contributed by atoms with van der Waals surface area (Å²) in [5.74, 6) is 0.0460. The maximum Gasteiger partial charge on any atom is 0.255 e. The molecule has 4 heteroatoms. The fourth-order valence-corrected chi connectivity index (χ4v) is 3.04. The lowest BCUT2D eigenvalue weighted by atomic mass is 10.1. The van der Waals surface area contributed by atoms with Gasteiger partial charge in [0, 0.05) is 38.4 Å². The molecule has 0 aromatic heterocycles. The third-order valence-electron chi connectivity index (χ3n) is 4.32. The summed E-state index contributed by atoms with van der Waals surface area (Å²) in [6.45, 7) is 4.39. The normalized spacial score (nSPS) is 16.1. The Hall–Kier alpha value is -2.33. The highest BCUT2D eigenvalue weighted by atomic mass is 16.2. The molecule has 0 aliphatic carbocycles. The molecule has 2 aromatic rings. The summed E-state index contributed by atoms with van der Waals surface area (Å²) in [6.07, 6.45) is 0.991. The first-order chi connectivity index (χ1) is 11.2. The van der Waals surface area contributed by atoms with Crippen molar-refractivity contribution >= 4 is 11.6 Å². The summed E-state index contributed by atoms with van der Waals surface area (Å²) in [7, 11) is 0. The van der Waals surface area contributed by atoms with E-state index in [2.05, 4.69) is 29.2 Å². The monoisotopic (exact) mass is 309 g/mol. The zero-order valence-electron chi connectivity index (χ0n) is 13.3. The maximum absolute atomic E-state index is 12.7. The van der Waals surface area contributed by atoms with Crippen molar-refractivity contribution in [1.29, 1.82) is 0 Å². The molecule has 0 spiro atoms. The van der Waals surface area contributed by atoms with Crippen molar-refractivity contribution in [2.75, 3.05) is 31.9 Å². The Morgan fingerprint density at radius 1 is 0.913 bits per heavy atom. The number of nitrogens with two attached hydrogens (primary N) is 1. The second kappa shape index (κ2) is 7.29. The SMILES string of the molecule is Nc1ccccc1C(=O)N1CCCN(Cc2ccccc2)CC1. The number of carbonyl (C=O) groups excluding carboxylic acids is 1. The van der Waals surface area contributed by atoms with Crippen molar-refractivity contribution in [2.24, 2.45) is 0 Å². The molecule has 1 fully saturated rings. The van der Waals surface area contributed by atoms with Crippen LogP contribution in [0, 0.1) is 0 Å². The molecule has 0 bridgehead atoms. The summed E-state index contributed by atoms with van der Waals surface area (Å²) in [5, 5.41) is 0. The minimum absolute atomic E-state index is 0.0460. The number of benzene rings is 2. The van der Waals surface area contributed by atoms with Crippen LogP contribution in [0.4, 0.5) is 5.69 Å². The quantitative estimate of drug-likeness (QED) is 0.887. The number of nitrogens with zero attached hydrogens (tertiary/aromatic N) is 2. The molecule has 0 atom stereocenters. The molecular formula is C19H23N3O. The van der Waals surface area contributed by atoms with Crippen molar-refractivity contribution < 1.29 is 4.79 Å². The van der Waals surface area contributed by atoms with Gasteiger partial charge in [-0.15, -0.1) is 0 Å². The molecule has 1 saturated heterocycles. The number of nitrogen functional groups attached to an aromatic ring is 1. The Bertz CT molecular complexity index is 657. The first-order valence-corrected chi connectivity index (χ1v) is 8.14. The van der Waals surface area contributed by atoms with E-state index >= 15 is 0 Å². The van der Waals surface area contributed by atoms with Gasteiger partial charge in [-0.25, -0.2) is 0 Å². The standard InChI is InChI=1S/C19H23N3O/c20-18-10-5-4-9-17(18)19(23)22-12-6-11-21(13-14-22)15-16-7-2-1-3-8-16/h1-5,7-10H,6,11-15,20H2. The van der Waals surface area contributed by atoms with E-state index in [0.29, 0.717) is 11.3 Å². The number of amides is 1. The third-order valence-corrected chi connectivity index (χ3v) is 4.32. The minimum Gasteiger partial charge on any atom is -0.398 e. The molecule has 0 unspecified atom stereocenters. The van der Waals surface area contributed by atoms with E-state index in [-0.39, 0.29) is 5.91 Å². The molecular weight excluding hydrogens is 286 g/mol. The molecule has 0 radical (unpaired) electrons. The fraction of sp³-hybridized carbons (Fsp3) is 0.316. The molecule has 2 N–H and O–H groups in total. The largest absolute Gasteiger partial charge is 0.398 e. The van der Waals surface area contributed by atoms with Crippen LogP contribution in [0.2, 0.25) is 0 Å². The van der Waals surface area contributed by atoms with E-state index in [1.165, 1.54) is 5.56 Å². The maximum atomic E-state index is 12.7. The molecule has 0 saturated carbocycles. The Morgan fingerprint density at radius 3 is 2.43 bits per heavy atom. The van der Waals surface area contributed by atoms with Crippen LogP contribution in [0.25, 0.3) is 0 Å². The van der Waals surface area contributed by atoms with Crippen molar-refractivity contribution in [3.63, 3.8) is 0 Å². The van der Waals surface area contributed by atoms with Gasteiger partial charge in [0.1, 0.15) is 0 Å². The van der Waals surface area contributed by atoms with Gasteiger partial charge < -0.3 is 10.6 Å². The zero-order chi connectivity index (χ0) is 16.1. The van der Waals surface area contributed by atoms with Gasteiger partial charge in [-0.3, -0.25) is 9.69 Å². The highest BCUT2D eigenvalue weighted by Gasteiger charge is 2.21. The van der Waals surface area contributed by atoms with E-state index < -0.39 is 0 Å². The average molecular weight is 309 g/mol. The van der Waals surface area contributed by atoms with Crippen LogP contribution in [0.15, 0.2) is 54.6 Å². The summed E-state index contributed by atoms with van der Waals surface area (Å²) in [4.78, 5) is 17.0. The second-order valence-electron chi connectivity index (χ2n) is 5.99. The van der Waals surface area contributed by atoms with Gasteiger partial charge in [-0.2, -0.15) is 0 Å². The van der Waals surface area contributed by atoms with Crippen LogP contribution < -0.4 is 5.73 Å². The summed E-state index contributed by atoms with van der Waals surface area (Å²) < 4.78 is 0. The smallest absolute Gasteiger partial charge is 0.255 e. The summed E-state index contributed by atoms with van der Waals surface area (Å²) in [6, 6.07) is 17.8. The van der Waals surface area contributed by atoms with E-state index in [1.54, 1.807) is 6.07 Å². The van der Waals surface area contributed by atoms with Gasteiger partial charge in [0.05, 0.1) is 5.56 Å². The molecule has 3 rings (SSSR count). The van der Waals surface area contributed by atoms with Crippen LogP contribution in [0.3, 0.4) is 0 Å². The molecule has 2 aromatic carbocycles. The molecule has 1 aliphatic rings. The molecule has 120 valence electrons. The van der Waals surface area contributed by atoms with Gasteiger partial charge in [-0.1, -0.05) is 42.5 Å². The molecule has 23 heavy (non-hydrogen) atoms. The first kappa shape index (κ1) is 15.6. The predicted octanol–water partition coefficient (Wildman–Crippen LogP) is 2.62. The van der Waals surface area contributed by atoms with Crippen molar-refractivity contribution in [3.05, 3.63) is 65.7 Å². The number of hydrogen-bond donors (Lipinski definition) is 1. The summed E-state index contributed by atoms with van der Waals surface area (Å²) >= 11 is 0. The van der Waals surface area contributed by atoms with Crippen LogP contribution in [-0.4, -0.2) is 41.9 Å². The average Bonchev–Trinajstić information content (AvgIpc) is 2.81. The molecule has 1 aliphatic heterocycles. The van der Waals surface area contributed by atoms with Crippen molar-refractivity contribution in [3.8, 4) is 0 Å². The Kier molecular flexibility index (Phi) is 4.93. The fourth-order valence-electron chi connectivity index (χ4n) is 3.04. The minimum atomic E-state index is 0.0460. The van der Waals surface area contributed by atoms with Gasteiger partial charge in [0.2, 0.25) is 0 Å². The Morgan fingerprint density at radius 2 is 1.65 bits per heavy atom. The highest BCUT2D eigenvalue weighted by molar-refractivity contribution is 5.99. The van der Waals surface area contributed by atoms with E-state index in [1.807, 2.05) is 29.2 Å². The van der Waals surface area contributed by atoms with Gasteiger partial charge in [-0.05, 0) is 24.1 Å². The number of anilines is 1. The van der Waals surface area contributed by atoms with E-state index in [9.17, 15) is 4.79 Å². The number of hydrogen-bond acceptors (Lipinski definition) is 3. The number of para-hydroxylation sites is 1. The zero-order valence-corrected chi connectivity index (χ0v) is 13.3. The lowest BCUT2D eigenvalue weighted by Gasteiger charge is -2.22. The van der Waals surface area contributed by atoms with E-state index in [0.717, 1.165) is 39.1 Å². The van der Waals surface area contributed by atoms with Crippen LogP contribution >= 0.6 is 0 Å². The van der Waals surface area contributed by atoms with Crippen molar-refractivity contribution in [1.82, 2.24) is 9.80 Å². The number of rotatable bonds is 3. The second-order valence-corrected chi connectivity index (χ2v) is 5.99.